The second kappa shape index (κ2) is 2.27. The molecule has 0 aliphatic carbocycles. The average Bonchev–Trinajstić information content (AvgIpc) is 1.67. The number of rotatable bonds is 2. The Hall–Kier alpha value is -0.370. The van der Waals surface area contributed by atoms with Crippen molar-refractivity contribution in [1.82, 2.24) is 4.90 Å². The Kier molecular flexibility index (Phi) is 2.16. The van der Waals surface area contributed by atoms with Gasteiger partial charge < -0.3 is 4.79 Å². The molecule has 0 N–H and O–H groups in total. The van der Waals surface area contributed by atoms with E-state index >= 15 is 0 Å². The maximum absolute atomic E-state index is 10.2. The van der Waals surface area contributed by atoms with Crippen molar-refractivity contribution >= 4 is 6.29 Å². The molecule has 8 heavy (non-hydrogen) atoms. The molecule has 0 spiro atoms. The first kappa shape index (κ1) is 7.63. The number of hydrogen-bond donors (Lipinski definition) is 0. The number of hydrogen-bond acceptors (Lipinski definition) is 2. The van der Waals surface area contributed by atoms with Crippen LogP contribution in [0.3, 0.4) is 0 Å². The van der Waals surface area contributed by atoms with Gasteiger partial charge in [0, 0.05) is 0 Å². The minimum atomic E-state index is -0.306. The molecular weight excluding hydrogens is 102 g/mol. The van der Waals surface area contributed by atoms with Gasteiger partial charge in [0.05, 0.1) is 5.54 Å². The smallest absolute Gasteiger partial charge is 0.139 e. The first-order valence-electron chi connectivity index (χ1n) is 2.64. The van der Waals surface area contributed by atoms with Crippen molar-refractivity contribution < 1.29 is 4.79 Å². The summed E-state index contributed by atoms with van der Waals surface area (Å²) in [4.78, 5) is 12.1. The highest BCUT2D eigenvalue weighted by molar-refractivity contribution is 5.62. The Balaban J connectivity index is 3.90. The first-order valence-corrected chi connectivity index (χ1v) is 2.64. The molecule has 0 aliphatic rings. The molecule has 48 valence electrons. The molecule has 0 atom stereocenters. The summed E-state index contributed by atoms with van der Waals surface area (Å²) in [5.41, 5.74) is -0.306. The minimum absolute atomic E-state index is 0.306. The van der Waals surface area contributed by atoms with Crippen LogP contribution in [0, 0.1) is 0 Å². The van der Waals surface area contributed by atoms with Crippen LogP contribution in [0.1, 0.15) is 13.8 Å². The Labute approximate surface area is 50.5 Å². The molecule has 0 radical (unpaired) electrons. The van der Waals surface area contributed by atoms with Crippen molar-refractivity contribution in [3.8, 4) is 0 Å². The molecule has 2 heteroatoms. The predicted molar refractivity (Wildman–Crippen MR) is 33.8 cm³/mol. The normalized spacial score (nSPS) is 12.1. The van der Waals surface area contributed by atoms with Crippen molar-refractivity contribution in [1.29, 1.82) is 0 Å². The van der Waals surface area contributed by atoms with E-state index in [1.54, 1.807) is 0 Å². The van der Waals surface area contributed by atoms with Gasteiger partial charge in [0.15, 0.2) is 0 Å². The minimum Gasteiger partial charge on any atom is -0.301 e. The summed E-state index contributed by atoms with van der Waals surface area (Å²) in [5.74, 6) is 0. The van der Waals surface area contributed by atoms with Crippen molar-refractivity contribution in [2.24, 2.45) is 0 Å². The summed E-state index contributed by atoms with van der Waals surface area (Å²) < 4.78 is 0. The third kappa shape index (κ3) is 1.62. The Morgan fingerprint density at radius 3 is 1.75 bits per heavy atom. The molecule has 0 bridgehead atoms. The number of nitrogens with zero attached hydrogens (tertiary/aromatic N) is 1. The fourth-order valence-corrected chi connectivity index (χ4v) is 0.105. The molecule has 0 aliphatic heterocycles. The van der Waals surface area contributed by atoms with Gasteiger partial charge >= 0.3 is 0 Å². The Morgan fingerprint density at radius 1 is 1.38 bits per heavy atom. The van der Waals surface area contributed by atoms with Gasteiger partial charge in [-0.15, -0.1) is 0 Å². The molecule has 0 aromatic carbocycles. The third-order valence-corrected chi connectivity index (χ3v) is 1.44. The van der Waals surface area contributed by atoms with Crippen LogP contribution in [0.15, 0.2) is 0 Å². The van der Waals surface area contributed by atoms with E-state index in [0.29, 0.717) is 0 Å². The topological polar surface area (TPSA) is 20.3 Å². The van der Waals surface area contributed by atoms with E-state index in [0.717, 1.165) is 6.29 Å². The molecular formula is C6H13NO. The number of likely N-dealkylation sites (N-methyl/N-ethyl adjacent to an activating group) is 1. The lowest BCUT2D eigenvalue weighted by Crippen LogP contribution is -2.39. The van der Waals surface area contributed by atoms with Crippen LogP contribution in [0.5, 0.6) is 0 Å². The highest BCUT2D eigenvalue weighted by Crippen LogP contribution is 2.03. The second-order valence-electron chi connectivity index (χ2n) is 2.67. The molecule has 0 fully saturated rings. The number of aldehydes is 1. The fraction of sp³-hybridized carbons (Fsp3) is 0.833. The summed E-state index contributed by atoms with van der Waals surface area (Å²) in [6.07, 6.45) is 0.938. The SMILES string of the molecule is CN(C)C(C)(C)C=O. The highest BCUT2D eigenvalue weighted by Gasteiger charge is 2.17. The maximum atomic E-state index is 10.2. The third-order valence-electron chi connectivity index (χ3n) is 1.44. The molecule has 0 aromatic rings. The number of carbonyl (C=O) groups excluding carboxylic acids is 1. The van der Waals surface area contributed by atoms with Gasteiger partial charge in [0.1, 0.15) is 6.29 Å². The number of carbonyl (C=O) groups is 1. The van der Waals surface area contributed by atoms with Crippen LogP contribution in [0.4, 0.5) is 0 Å². The van der Waals surface area contributed by atoms with Crippen LogP contribution >= 0.6 is 0 Å². The van der Waals surface area contributed by atoms with Crippen LogP contribution in [0.2, 0.25) is 0 Å². The molecule has 0 unspecified atom stereocenters. The van der Waals surface area contributed by atoms with Crippen LogP contribution in [0.25, 0.3) is 0 Å². The lowest BCUT2D eigenvalue weighted by Gasteiger charge is -2.25. The van der Waals surface area contributed by atoms with Crippen LogP contribution in [-0.2, 0) is 4.79 Å². The highest BCUT2D eigenvalue weighted by atomic mass is 16.1. The molecule has 0 heterocycles. The quantitative estimate of drug-likeness (QED) is 0.489. The van der Waals surface area contributed by atoms with E-state index in [-0.39, 0.29) is 5.54 Å². The van der Waals surface area contributed by atoms with Gasteiger partial charge in [-0.3, -0.25) is 4.90 Å². The van der Waals surface area contributed by atoms with E-state index < -0.39 is 0 Å². The lowest BCUT2D eigenvalue weighted by molar-refractivity contribution is -0.115. The van der Waals surface area contributed by atoms with Crippen molar-refractivity contribution in [2.75, 3.05) is 14.1 Å². The maximum Gasteiger partial charge on any atom is 0.139 e. The van der Waals surface area contributed by atoms with Gasteiger partial charge in [0.2, 0.25) is 0 Å². The molecule has 2 nitrogen and oxygen atoms in total. The summed E-state index contributed by atoms with van der Waals surface area (Å²) >= 11 is 0. The monoisotopic (exact) mass is 115 g/mol. The first-order chi connectivity index (χ1) is 3.50. The summed E-state index contributed by atoms with van der Waals surface area (Å²) in [7, 11) is 3.77. The molecule has 0 saturated carbocycles. The molecule has 0 aromatic heterocycles. The van der Waals surface area contributed by atoms with Gasteiger partial charge in [-0.2, -0.15) is 0 Å². The van der Waals surface area contributed by atoms with Gasteiger partial charge in [0.25, 0.3) is 0 Å². The van der Waals surface area contributed by atoms with Crippen LogP contribution < -0.4 is 0 Å². The average molecular weight is 115 g/mol. The van der Waals surface area contributed by atoms with E-state index in [1.165, 1.54) is 0 Å². The van der Waals surface area contributed by atoms with Crippen molar-refractivity contribution in [3.05, 3.63) is 0 Å². The standard InChI is InChI=1S/C6H13NO/c1-6(2,5-8)7(3)4/h5H,1-4H3. The van der Waals surface area contributed by atoms with E-state index in [2.05, 4.69) is 0 Å². The zero-order valence-electron chi connectivity index (χ0n) is 5.93. The largest absolute Gasteiger partial charge is 0.301 e. The summed E-state index contributed by atoms with van der Waals surface area (Å²) in [6.45, 7) is 3.75. The van der Waals surface area contributed by atoms with E-state index in [4.69, 9.17) is 0 Å². The van der Waals surface area contributed by atoms with Crippen molar-refractivity contribution in [2.45, 2.75) is 19.4 Å². The van der Waals surface area contributed by atoms with Crippen LogP contribution in [-0.4, -0.2) is 30.8 Å². The Morgan fingerprint density at radius 2 is 1.75 bits per heavy atom. The van der Waals surface area contributed by atoms with E-state index in [1.807, 2.05) is 32.8 Å². The molecule has 0 saturated heterocycles. The Bertz CT molecular complexity index is 86.5. The molecule has 0 rings (SSSR count). The lowest BCUT2D eigenvalue weighted by atomic mass is 10.1. The zero-order chi connectivity index (χ0) is 6.78. The predicted octanol–water partition coefficient (Wildman–Crippen LogP) is 0.525. The van der Waals surface area contributed by atoms with Gasteiger partial charge in [-0.05, 0) is 27.9 Å². The fourth-order valence-electron chi connectivity index (χ4n) is 0.105. The van der Waals surface area contributed by atoms with E-state index in [9.17, 15) is 4.79 Å². The zero-order valence-corrected chi connectivity index (χ0v) is 5.93. The molecule has 0 amide bonds. The summed E-state index contributed by atoms with van der Waals surface area (Å²) in [6, 6.07) is 0. The van der Waals surface area contributed by atoms with Crippen molar-refractivity contribution in [3.63, 3.8) is 0 Å². The second-order valence-corrected chi connectivity index (χ2v) is 2.67. The summed E-state index contributed by atoms with van der Waals surface area (Å²) in [5, 5.41) is 0. The van der Waals surface area contributed by atoms with Gasteiger partial charge in [-0.25, -0.2) is 0 Å². The van der Waals surface area contributed by atoms with Gasteiger partial charge in [-0.1, -0.05) is 0 Å².